The number of benzene rings is 2. The van der Waals surface area contributed by atoms with Crippen LogP contribution in [0, 0.1) is 0 Å². The molecule has 0 amide bonds. The molecule has 0 bridgehead atoms. The molecule has 122 valence electrons. The first-order valence-corrected chi connectivity index (χ1v) is 7.98. The molecular weight excluding hydrogens is 288 g/mol. The number of nitrogens with two attached hydrogens (primary N) is 1. The summed E-state index contributed by atoms with van der Waals surface area (Å²) in [4.78, 5) is 2.33. The standard InChI is InChI=1S/C19H24N2O2/c1-22-18-9-17(10-19(11-18)23-2)21-12-15(8-16(20)13-21)14-6-4-3-5-7-14/h3-7,9-11,15-16H,8,12-13,20H2,1-2H3. The number of hydrogen-bond acceptors (Lipinski definition) is 4. The molecule has 0 saturated carbocycles. The number of piperidine rings is 1. The Kier molecular flexibility index (Phi) is 4.72. The minimum Gasteiger partial charge on any atom is -0.497 e. The zero-order valence-electron chi connectivity index (χ0n) is 13.7. The van der Waals surface area contributed by atoms with Crippen LogP contribution in [0.5, 0.6) is 11.5 Å². The summed E-state index contributed by atoms with van der Waals surface area (Å²) in [5, 5.41) is 0. The molecule has 23 heavy (non-hydrogen) atoms. The fourth-order valence-electron chi connectivity index (χ4n) is 3.29. The van der Waals surface area contributed by atoms with Crippen LogP contribution in [0.4, 0.5) is 5.69 Å². The van der Waals surface area contributed by atoms with E-state index in [2.05, 4.69) is 35.2 Å². The predicted molar refractivity (Wildman–Crippen MR) is 93.5 cm³/mol. The second kappa shape index (κ2) is 6.92. The highest BCUT2D eigenvalue weighted by Crippen LogP contribution is 2.33. The summed E-state index contributed by atoms with van der Waals surface area (Å²) in [5.41, 5.74) is 8.77. The van der Waals surface area contributed by atoms with E-state index in [1.807, 2.05) is 18.2 Å². The highest BCUT2D eigenvalue weighted by molar-refractivity contribution is 5.56. The van der Waals surface area contributed by atoms with Gasteiger partial charge in [0.2, 0.25) is 0 Å². The molecule has 2 N–H and O–H groups in total. The number of ether oxygens (including phenoxy) is 2. The molecule has 1 heterocycles. The summed E-state index contributed by atoms with van der Waals surface area (Å²) in [5.74, 6) is 2.04. The van der Waals surface area contributed by atoms with Crippen molar-refractivity contribution in [3.63, 3.8) is 0 Å². The van der Waals surface area contributed by atoms with Crippen molar-refractivity contribution in [2.24, 2.45) is 5.73 Å². The van der Waals surface area contributed by atoms with E-state index < -0.39 is 0 Å². The van der Waals surface area contributed by atoms with Gasteiger partial charge in [-0.15, -0.1) is 0 Å². The molecule has 2 aromatic carbocycles. The smallest absolute Gasteiger partial charge is 0.124 e. The molecular formula is C19H24N2O2. The monoisotopic (exact) mass is 312 g/mol. The molecule has 3 rings (SSSR count). The first-order chi connectivity index (χ1) is 11.2. The number of rotatable bonds is 4. The molecule has 0 radical (unpaired) electrons. The van der Waals surface area contributed by atoms with Crippen LogP contribution in [0.2, 0.25) is 0 Å². The average molecular weight is 312 g/mol. The molecule has 4 nitrogen and oxygen atoms in total. The minimum absolute atomic E-state index is 0.158. The molecule has 1 aliphatic heterocycles. The molecule has 2 atom stereocenters. The molecule has 0 aromatic heterocycles. The topological polar surface area (TPSA) is 47.7 Å². The predicted octanol–water partition coefficient (Wildman–Crippen LogP) is 3.03. The van der Waals surface area contributed by atoms with Gasteiger partial charge in [0.15, 0.2) is 0 Å². The van der Waals surface area contributed by atoms with E-state index in [1.165, 1.54) is 5.56 Å². The van der Waals surface area contributed by atoms with Crippen molar-refractivity contribution in [2.75, 3.05) is 32.2 Å². The van der Waals surface area contributed by atoms with Crippen molar-refractivity contribution in [3.05, 3.63) is 54.1 Å². The molecule has 0 aliphatic carbocycles. The van der Waals surface area contributed by atoms with Gasteiger partial charge in [0.1, 0.15) is 11.5 Å². The van der Waals surface area contributed by atoms with Crippen LogP contribution in [0.15, 0.2) is 48.5 Å². The molecule has 1 aliphatic rings. The third-order valence-corrected chi connectivity index (χ3v) is 4.46. The van der Waals surface area contributed by atoms with Crippen LogP contribution in [0.3, 0.4) is 0 Å². The Balaban J connectivity index is 1.87. The van der Waals surface area contributed by atoms with Gasteiger partial charge in [0, 0.05) is 48.9 Å². The lowest BCUT2D eigenvalue weighted by Gasteiger charge is -2.38. The van der Waals surface area contributed by atoms with Crippen molar-refractivity contribution in [1.82, 2.24) is 0 Å². The van der Waals surface area contributed by atoms with Gasteiger partial charge in [-0.25, -0.2) is 0 Å². The van der Waals surface area contributed by atoms with Crippen molar-refractivity contribution >= 4 is 5.69 Å². The van der Waals surface area contributed by atoms with Gasteiger partial charge in [0.25, 0.3) is 0 Å². The summed E-state index contributed by atoms with van der Waals surface area (Å²) in [7, 11) is 3.35. The van der Waals surface area contributed by atoms with Crippen molar-refractivity contribution in [3.8, 4) is 11.5 Å². The van der Waals surface area contributed by atoms with Crippen LogP contribution in [-0.2, 0) is 0 Å². The Morgan fingerprint density at radius 3 is 2.22 bits per heavy atom. The first-order valence-electron chi connectivity index (χ1n) is 7.98. The quantitative estimate of drug-likeness (QED) is 0.943. The Morgan fingerprint density at radius 2 is 1.61 bits per heavy atom. The van der Waals surface area contributed by atoms with Crippen molar-refractivity contribution in [1.29, 1.82) is 0 Å². The maximum atomic E-state index is 6.33. The molecule has 2 unspecified atom stereocenters. The van der Waals surface area contributed by atoms with Gasteiger partial charge < -0.3 is 20.1 Å². The van der Waals surface area contributed by atoms with E-state index in [9.17, 15) is 0 Å². The number of anilines is 1. The Hall–Kier alpha value is -2.20. The van der Waals surface area contributed by atoms with Crippen molar-refractivity contribution < 1.29 is 9.47 Å². The third-order valence-electron chi connectivity index (χ3n) is 4.46. The summed E-state index contributed by atoms with van der Waals surface area (Å²) in [6.45, 7) is 1.80. The summed E-state index contributed by atoms with van der Waals surface area (Å²) < 4.78 is 10.8. The Morgan fingerprint density at radius 1 is 0.957 bits per heavy atom. The van der Waals surface area contributed by atoms with Gasteiger partial charge in [-0.05, 0) is 12.0 Å². The minimum atomic E-state index is 0.158. The lowest BCUT2D eigenvalue weighted by molar-refractivity contribution is 0.393. The zero-order valence-corrected chi connectivity index (χ0v) is 13.7. The second-order valence-electron chi connectivity index (χ2n) is 6.08. The van der Waals surface area contributed by atoms with E-state index >= 15 is 0 Å². The van der Waals surface area contributed by atoms with Crippen LogP contribution < -0.4 is 20.1 Å². The summed E-state index contributed by atoms with van der Waals surface area (Å²) in [6, 6.07) is 16.7. The summed E-state index contributed by atoms with van der Waals surface area (Å²) >= 11 is 0. The average Bonchev–Trinajstić information content (AvgIpc) is 2.61. The van der Waals surface area contributed by atoms with Gasteiger partial charge in [-0.2, -0.15) is 0 Å². The van der Waals surface area contributed by atoms with Crippen LogP contribution in [0.1, 0.15) is 17.9 Å². The first kappa shape index (κ1) is 15.7. The molecule has 1 fully saturated rings. The zero-order chi connectivity index (χ0) is 16.2. The fraction of sp³-hybridized carbons (Fsp3) is 0.368. The maximum absolute atomic E-state index is 6.33. The SMILES string of the molecule is COc1cc(OC)cc(N2CC(N)CC(c3ccccc3)C2)c1. The van der Waals surface area contributed by atoms with Gasteiger partial charge in [0.05, 0.1) is 14.2 Å². The fourth-order valence-corrected chi connectivity index (χ4v) is 3.29. The number of methoxy groups -OCH3 is 2. The molecule has 1 saturated heterocycles. The van der Waals surface area contributed by atoms with Gasteiger partial charge in [-0.3, -0.25) is 0 Å². The van der Waals surface area contributed by atoms with Crippen LogP contribution >= 0.6 is 0 Å². The van der Waals surface area contributed by atoms with E-state index in [1.54, 1.807) is 14.2 Å². The Labute approximate surface area is 137 Å². The maximum Gasteiger partial charge on any atom is 0.124 e. The highest BCUT2D eigenvalue weighted by atomic mass is 16.5. The number of nitrogens with zero attached hydrogens (tertiary/aromatic N) is 1. The van der Waals surface area contributed by atoms with E-state index in [0.29, 0.717) is 5.92 Å². The lowest BCUT2D eigenvalue weighted by Crippen LogP contribution is -2.46. The lowest BCUT2D eigenvalue weighted by atomic mass is 9.88. The number of hydrogen-bond donors (Lipinski definition) is 1. The van der Waals surface area contributed by atoms with E-state index in [-0.39, 0.29) is 6.04 Å². The van der Waals surface area contributed by atoms with E-state index in [4.69, 9.17) is 15.2 Å². The normalized spacial score (nSPS) is 21.1. The Bertz CT molecular complexity index is 623. The third kappa shape index (κ3) is 3.59. The molecule has 4 heteroatoms. The van der Waals surface area contributed by atoms with Crippen LogP contribution in [-0.4, -0.2) is 33.4 Å². The highest BCUT2D eigenvalue weighted by Gasteiger charge is 2.26. The molecule has 2 aromatic rings. The van der Waals surface area contributed by atoms with Crippen molar-refractivity contribution in [2.45, 2.75) is 18.4 Å². The molecule has 0 spiro atoms. The largest absolute Gasteiger partial charge is 0.497 e. The van der Waals surface area contributed by atoms with E-state index in [0.717, 1.165) is 36.7 Å². The van der Waals surface area contributed by atoms with Gasteiger partial charge in [-0.1, -0.05) is 30.3 Å². The summed E-state index contributed by atoms with van der Waals surface area (Å²) in [6.07, 6.45) is 1.02. The van der Waals surface area contributed by atoms with Gasteiger partial charge >= 0.3 is 0 Å². The second-order valence-corrected chi connectivity index (χ2v) is 6.08. The van der Waals surface area contributed by atoms with Crippen LogP contribution in [0.25, 0.3) is 0 Å².